The van der Waals surface area contributed by atoms with Crippen LogP contribution in [0, 0.1) is 5.92 Å². The van der Waals surface area contributed by atoms with Crippen LogP contribution in [0.15, 0.2) is 49.3 Å². The lowest BCUT2D eigenvalue weighted by Gasteiger charge is -2.48. The second-order valence-electron chi connectivity index (χ2n) is 12.9. The molecule has 15 heteroatoms. The number of hydrogen-bond donors (Lipinski definition) is 2. The van der Waals surface area contributed by atoms with Crippen LogP contribution >= 0.6 is 0 Å². The zero-order chi connectivity index (χ0) is 33.7. The van der Waals surface area contributed by atoms with E-state index >= 15 is 0 Å². The molecule has 3 fully saturated rings. The lowest BCUT2D eigenvalue weighted by Crippen LogP contribution is -2.58. The van der Waals surface area contributed by atoms with E-state index in [1.165, 1.54) is 6.08 Å². The van der Waals surface area contributed by atoms with Crippen LogP contribution < -0.4 is 15.1 Å². The number of carbonyl (C=O) groups is 1. The number of nitrogens with one attached hydrogen (secondary N) is 1. The second kappa shape index (κ2) is 12.2. The number of carbonyl (C=O) groups excluding carboxylic acids is 1. The maximum absolute atomic E-state index is 13.1. The second-order valence-corrected chi connectivity index (χ2v) is 14.9. The molecule has 11 nitrogen and oxygen atoms in total. The molecular formula is C32H38F3N7O4S. The SMILES string of the molecule is C=CC(=O)N1CCC[C@@H]1c1ccc(N2C[C@H](CS(=O)(=O)C(F)(F)F)[C@H]2C)c2cnc(Nc3ccnc(N4CCC(C)(O)CC4)n3)cc12. The number of aromatic nitrogens is 3. The van der Waals surface area contributed by atoms with Crippen molar-refractivity contribution in [3.8, 4) is 0 Å². The standard InChI is InChI=1S/C32H38F3N7O4S/c1-4-29(43)41-13-5-6-25(41)22-7-8-26(42-18-21(20(42)2)19-47(45,46)32(33,34)35)24-17-37-28(16-23(22)24)38-27-9-12-36-30(39-27)40-14-10-31(3,44)11-15-40/h4,7-9,12,16-17,20-21,25,44H,1,5-6,10-11,13-15,18-19H2,2-3H3,(H,36,37,38,39)/t20-,21-,25-/m1/s1. The van der Waals surface area contributed by atoms with Crippen LogP contribution in [-0.2, 0) is 14.6 Å². The molecule has 5 heterocycles. The first-order chi connectivity index (χ1) is 22.2. The van der Waals surface area contributed by atoms with Gasteiger partial charge in [0.05, 0.1) is 17.4 Å². The number of nitrogens with zero attached hydrogens (tertiary/aromatic N) is 6. The van der Waals surface area contributed by atoms with Gasteiger partial charge in [-0.3, -0.25) is 4.79 Å². The zero-order valence-electron chi connectivity index (χ0n) is 26.2. The number of sulfone groups is 1. The van der Waals surface area contributed by atoms with Crippen molar-refractivity contribution in [3.63, 3.8) is 0 Å². The molecule has 0 unspecified atom stereocenters. The number of likely N-dealkylation sites (tertiary alicyclic amines) is 1. The average molecular weight is 674 g/mol. The minimum atomic E-state index is -5.29. The molecular weight excluding hydrogens is 635 g/mol. The number of fused-ring (bicyclic) bond motifs is 1. The molecule has 0 aliphatic carbocycles. The Bertz CT molecular complexity index is 1790. The Balaban J connectivity index is 1.32. The van der Waals surface area contributed by atoms with E-state index in [9.17, 15) is 31.5 Å². The van der Waals surface area contributed by atoms with Gasteiger partial charge in [-0.05, 0) is 74.8 Å². The van der Waals surface area contributed by atoms with Crippen LogP contribution in [0.5, 0.6) is 0 Å². The molecule has 3 atom stereocenters. The fourth-order valence-electron chi connectivity index (χ4n) is 6.79. The Morgan fingerprint density at radius 3 is 2.57 bits per heavy atom. The zero-order valence-corrected chi connectivity index (χ0v) is 27.1. The van der Waals surface area contributed by atoms with E-state index in [-0.39, 0.29) is 18.5 Å². The number of amides is 1. The van der Waals surface area contributed by atoms with Gasteiger partial charge >= 0.3 is 5.51 Å². The summed E-state index contributed by atoms with van der Waals surface area (Å²) in [6.45, 7) is 9.18. The molecule has 1 aromatic carbocycles. The third-order valence-corrected chi connectivity index (χ3v) is 11.3. The highest BCUT2D eigenvalue weighted by Gasteiger charge is 2.50. The number of piperidine rings is 1. The number of alkyl halides is 3. The number of anilines is 4. The van der Waals surface area contributed by atoms with Crippen LogP contribution in [-0.4, -0.2) is 88.4 Å². The molecule has 6 rings (SSSR count). The summed E-state index contributed by atoms with van der Waals surface area (Å²) in [5.74, 6) is -0.269. The number of hydrogen-bond acceptors (Lipinski definition) is 10. The van der Waals surface area contributed by atoms with Crippen LogP contribution in [0.4, 0.5) is 36.4 Å². The van der Waals surface area contributed by atoms with Crippen molar-refractivity contribution in [2.75, 3.05) is 47.0 Å². The summed E-state index contributed by atoms with van der Waals surface area (Å²) in [6.07, 6.45) is 7.41. The topological polar surface area (TPSA) is 132 Å². The maximum atomic E-state index is 13.1. The first-order valence-corrected chi connectivity index (χ1v) is 17.3. The van der Waals surface area contributed by atoms with Gasteiger partial charge in [-0.1, -0.05) is 12.6 Å². The Hall–Kier alpha value is -3.98. The number of pyridine rings is 1. The van der Waals surface area contributed by atoms with Gasteiger partial charge in [0, 0.05) is 61.6 Å². The molecule has 3 aromatic rings. The number of rotatable bonds is 8. The number of halogens is 3. The molecule has 0 spiro atoms. The monoisotopic (exact) mass is 673 g/mol. The van der Waals surface area contributed by atoms with Gasteiger partial charge in [-0.25, -0.2) is 18.4 Å². The molecule has 0 radical (unpaired) electrons. The highest BCUT2D eigenvalue weighted by Crippen LogP contribution is 2.43. The minimum absolute atomic E-state index is 0.144. The van der Waals surface area contributed by atoms with E-state index in [0.29, 0.717) is 50.1 Å². The molecule has 2 aromatic heterocycles. The molecule has 2 N–H and O–H groups in total. The van der Waals surface area contributed by atoms with Crippen molar-refractivity contribution >= 4 is 49.8 Å². The third-order valence-electron chi connectivity index (χ3n) is 9.70. The molecule has 3 aliphatic heterocycles. The molecule has 0 saturated carbocycles. The van der Waals surface area contributed by atoms with Crippen LogP contribution in [0.25, 0.3) is 10.8 Å². The summed E-state index contributed by atoms with van der Waals surface area (Å²) in [6, 6.07) is 6.74. The van der Waals surface area contributed by atoms with Gasteiger partial charge in [0.25, 0.3) is 0 Å². The van der Waals surface area contributed by atoms with E-state index in [1.807, 2.05) is 34.9 Å². The van der Waals surface area contributed by atoms with E-state index < -0.39 is 38.7 Å². The number of benzene rings is 1. The average Bonchev–Trinajstić information content (AvgIpc) is 3.51. The van der Waals surface area contributed by atoms with Gasteiger partial charge in [0.2, 0.25) is 21.7 Å². The fraction of sp³-hybridized carbons (Fsp3) is 0.500. The van der Waals surface area contributed by atoms with E-state index in [2.05, 4.69) is 26.8 Å². The lowest BCUT2D eigenvalue weighted by molar-refractivity contribution is -0.126. The highest BCUT2D eigenvalue weighted by molar-refractivity contribution is 7.92. The Labute approximate surface area is 271 Å². The summed E-state index contributed by atoms with van der Waals surface area (Å²) in [4.78, 5) is 32.2. The maximum Gasteiger partial charge on any atom is 0.497 e. The van der Waals surface area contributed by atoms with Crippen LogP contribution in [0.2, 0.25) is 0 Å². The Morgan fingerprint density at radius 2 is 1.89 bits per heavy atom. The number of aliphatic hydroxyl groups is 1. The largest absolute Gasteiger partial charge is 0.497 e. The smallest absolute Gasteiger partial charge is 0.390 e. The van der Waals surface area contributed by atoms with Crippen LogP contribution in [0.1, 0.15) is 51.1 Å². The highest BCUT2D eigenvalue weighted by atomic mass is 32.2. The van der Waals surface area contributed by atoms with Gasteiger partial charge in [-0.15, -0.1) is 0 Å². The normalized spacial score (nSPS) is 23.1. The summed E-state index contributed by atoms with van der Waals surface area (Å²) < 4.78 is 63.0. The summed E-state index contributed by atoms with van der Waals surface area (Å²) in [7, 11) is -5.24. The molecule has 252 valence electrons. The van der Waals surface area contributed by atoms with Gasteiger partial charge in [0.1, 0.15) is 11.6 Å². The van der Waals surface area contributed by atoms with Crippen molar-refractivity contribution in [1.29, 1.82) is 0 Å². The van der Waals surface area contributed by atoms with Gasteiger partial charge in [0.15, 0.2) is 0 Å². The molecule has 3 aliphatic rings. The predicted octanol–water partition coefficient (Wildman–Crippen LogP) is 4.73. The molecule has 3 saturated heterocycles. The first kappa shape index (κ1) is 32.9. The Kier molecular flexibility index (Phi) is 8.57. The van der Waals surface area contributed by atoms with Crippen molar-refractivity contribution in [3.05, 3.63) is 54.9 Å². The fourth-order valence-corrected chi connectivity index (χ4v) is 7.93. The van der Waals surface area contributed by atoms with Gasteiger partial charge < -0.3 is 25.1 Å². The lowest BCUT2D eigenvalue weighted by atomic mass is 9.89. The van der Waals surface area contributed by atoms with Gasteiger partial charge in [-0.2, -0.15) is 18.2 Å². The van der Waals surface area contributed by atoms with Crippen molar-refractivity contribution < 1.29 is 31.5 Å². The molecule has 1 amide bonds. The first-order valence-electron chi connectivity index (χ1n) is 15.7. The van der Waals surface area contributed by atoms with Crippen molar-refractivity contribution in [1.82, 2.24) is 19.9 Å². The molecule has 0 bridgehead atoms. The van der Waals surface area contributed by atoms with E-state index in [1.54, 1.807) is 30.3 Å². The van der Waals surface area contributed by atoms with E-state index in [4.69, 9.17) is 0 Å². The summed E-state index contributed by atoms with van der Waals surface area (Å²) in [5, 5.41) is 15.1. The molecule has 47 heavy (non-hydrogen) atoms. The minimum Gasteiger partial charge on any atom is -0.390 e. The van der Waals surface area contributed by atoms with Crippen molar-refractivity contribution in [2.24, 2.45) is 5.92 Å². The van der Waals surface area contributed by atoms with E-state index in [0.717, 1.165) is 34.9 Å². The van der Waals surface area contributed by atoms with Crippen molar-refractivity contribution in [2.45, 2.75) is 62.7 Å². The third kappa shape index (κ3) is 6.47. The Morgan fingerprint density at radius 1 is 1.15 bits per heavy atom. The summed E-state index contributed by atoms with van der Waals surface area (Å²) in [5.41, 5.74) is -4.38. The summed E-state index contributed by atoms with van der Waals surface area (Å²) >= 11 is 0. The van der Waals surface area contributed by atoms with Crippen LogP contribution in [0.3, 0.4) is 0 Å². The predicted molar refractivity (Wildman–Crippen MR) is 173 cm³/mol. The quantitative estimate of drug-likeness (QED) is 0.324.